The maximum absolute atomic E-state index is 11.6. The Kier molecular flexibility index (Phi) is 15.2. The number of amides is 1. The third-order valence-corrected chi connectivity index (χ3v) is 4.08. The molecule has 5 nitrogen and oxygen atoms in total. The minimum atomic E-state index is 0. The van der Waals surface area contributed by atoms with Gasteiger partial charge in [0.1, 0.15) is 0 Å². The van der Waals surface area contributed by atoms with Crippen molar-refractivity contribution in [3.8, 4) is 0 Å². The van der Waals surface area contributed by atoms with Gasteiger partial charge in [0.05, 0.1) is 6.54 Å². The van der Waals surface area contributed by atoms with Crippen LogP contribution in [0.5, 0.6) is 0 Å². The van der Waals surface area contributed by atoms with Gasteiger partial charge in [-0.25, -0.2) is 0 Å². The Morgan fingerprint density at radius 2 is 1.64 bits per heavy atom. The topological polar surface area (TPSA) is 47.6 Å². The van der Waals surface area contributed by atoms with Crippen LogP contribution < -0.4 is 10.6 Å². The van der Waals surface area contributed by atoms with Crippen molar-refractivity contribution in [1.29, 1.82) is 0 Å². The highest BCUT2D eigenvalue weighted by Gasteiger charge is 2.20. The van der Waals surface area contributed by atoms with Gasteiger partial charge in [-0.05, 0) is 31.8 Å². The number of hydrogen-bond acceptors (Lipinski definition) is 4. The normalized spacial score (nSPS) is 18.6. The molecule has 0 aromatic heterocycles. The molecule has 1 heterocycles. The highest BCUT2D eigenvalue weighted by molar-refractivity contribution is 5.86. The highest BCUT2D eigenvalue weighted by atomic mass is 35.5. The van der Waals surface area contributed by atoms with E-state index in [0.29, 0.717) is 6.54 Å². The molecule has 0 aromatic carbocycles. The second kappa shape index (κ2) is 13.6. The Balaban J connectivity index is 0. The van der Waals surface area contributed by atoms with Crippen LogP contribution in [0.15, 0.2) is 0 Å². The van der Waals surface area contributed by atoms with Crippen LogP contribution in [-0.2, 0) is 4.79 Å². The minimum absolute atomic E-state index is 0. The zero-order valence-corrected chi connectivity index (χ0v) is 15.8. The summed E-state index contributed by atoms with van der Waals surface area (Å²) < 4.78 is 0. The fraction of sp³-hybridized carbons (Fsp3) is 0.929. The molecule has 0 bridgehead atoms. The number of nitrogens with zero attached hydrogens (tertiary/aromatic N) is 2. The molecule has 0 unspecified atom stereocenters. The summed E-state index contributed by atoms with van der Waals surface area (Å²) in [4.78, 5) is 16.5. The van der Waals surface area contributed by atoms with Crippen LogP contribution in [0.25, 0.3) is 0 Å². The zero-order valence-electron chi connectivity index (χ0n) is 13.4. The first-order valence-corrected chi connectivity index (χ1v) is 7.70. The number of carbonyl (C=O) groups is 1. The van der Waals surface area contributed by atoms with Crippen molar-refractivity contribution in [2.45, 2.75) is 19.8 Å². The lowest BCUT2D eigenvalue weighted by Gasteiger charge is -2.33. The van der Waals surface area contributed by atoms with Crippen molar-refractivity contribution < 1.29 is 4.79 Å². The number of nitrogens with one attached hydrogen (secondary N) is 2. The molecule has 1 aliphatic heterocycles. The fourth-order valence-corrected chi connectivity index (χ4v) is 2.46. The first-order valence-electron chi connectivity index (χ1n) is 7.70. The Morgan fingerprint density at radius 1 is 1.05 bits per heavy atom. The Labute approximate surface area is 153 Å². The summed E-state index contributed by atoms with van der Waals surface area (Å²) in [6, 6.07) is 0. The van der Waals surface area contributed by atoms with Crippen molar-refractivity contribution in [1.82, 2.24) is 20.4 Å². The van der Waals surface area contributed by atoms with E-state index in [0.717, 1.165) is 58.3 Å². The molecule has 2 rings (SSSR count). The van der Waals surface area contributed by atoms with E-state index in [2.05, 4.69) is 27.4 Å². The van der Waals surface area contributed by atoms with Crippen LogP contribution in [0.1, 0.15) is 19.8 Å². The van der Waals surface area contributed by atoms with Gasteiger partial charge in [-0.15, -0.1) is 37.2 Å². The van der Waals surface area contributed by atoms with E-state index in [9.17, 15) is 4.79 Å². The molecule has 1 saturated carbocycles. The molecular formula is C14H31Cl3N4O. The Bertz CT molecular complexity index is 285. The summed E-state index contributed by atoms with van der Waals surface area (Å²) in [5.74, 6) is 0.968. The van der Waals surface area contributed by atoms with Gasteiger partial charge in [-0.2, -0.15) is 0 Å². The third kappa shape index (κ3) is 10.1. The molecule has 1 amide bonds. The van der Waals surface area contributed by atoms with E-state index in [-0.39, 0.29) is 43.1 Å². The number of carbonyl (C=O) groups excluding carboxylic acids is 1. The molecule has 22 heavy (non-hydrogen) atoms. The van der Waals surface area contributed by atoms with Crippen LogP contribution >= 0.6 is 37.2 Å². The van der Waals surface area contributed by atoms with E-state index in [1.54, 1.807) is 0 Å². The maximum atomic E-state index is 11.6. The lowest BCUT2D eigenvalue weighted by Crippen LogP contribution is -2.48. The zero-order chi connectivity index (χ0) is 13.5. The highest BCUT2D eigenvalue weighted by Crippen LogP contribution is 2.27. The monoisotopic (exact) mass is 376 g/mol. The van der Waals surface area contributed by atoms with Gasteiger partial charge in [-0.3, -0.25) is 9.69 Å². The number of halogens is 3. The average Bonchev–Trinajstić information content (AvgIpc) is 3.24. The predicted molar refractivity (Wildman–Crippen MR) is 98.9 cm³/mol. The number of likely N-dealkylation sites (N-methyl/N-ethyl adjacent to an activating group) is 1. The van der Waals surface area contributed by atoms with Crippen molar-refractivity contribution in [3.05, 3.63) is 0 Å². The van der Waals surface area contributed by atoms with Crippen LogP contribution in [0, 0.1) is 5.92 Å². The number of rotatable bonds is 8. The molecule has 8 heteroatoms. The van der Waals surface area contributed by atoms with Crippen LogP contribution in [-0.4, -0.2) is 74.6 Å². The quantitative estimate of drug-likeness (QED) is 0.663. The van der Waals surface area contributed by atoms with Gasteiger partial charge < -0.3 is 15.5 Å². The largest absolute Gasteiger partial charge is 0.354 e. The molecule has 0 atom stereocenters. The first-order chi connectivity index (χ1) is 9.28. The number of piperazine rings is 1. The summed E-state index contributed by atoms with van der Waals surface area (Å²) in [6.45, 7) is 11.2. The Morgan fingerprint density at radius 3 is 2.18 bits per heavy atom. The lowest BCUT2D eigenvalue weighted by atomic mass is 10.3. The Hall–Kier alpha value is 0.220. The van der Waals surface area contributed by atoms with E-state index < -0.39 is 0 Å². The third-order valence-electron chi connectivity index (χ3n) is 4.08. The van der Waals surface area contributed by atoms with Crippen molar-refractivity contribution >= 4 is 43.1 Å². The minimum Gasteiger partial charge on any atom is -0.354 e. The van der Waals surface area contributed by atoms with Gasteiger partial charge >= 0.3 is 0 Å². The molecule has 1 aliphatic carbocycles. The van der Waals surface area contributed by atoms with Crippen molar-refractivity contribution in [2.75, 3.05) is 58.9 Å². The summed E-state index contributed by atoms with van der Waals surface area (Å²) in [5, 5.41) is 6.21. The van der Waals surface area contributed by atoms with Crippen LogP contribution in [0.3, 0.4) is 0 Å². The predicted octanol–water partition coefficient (Wildman–Crippen LogP) is 1.01. The van der Waals surface area contributed by atoms with E-state index in [4.69, 9.17) is 0 Å². The molecule has 2 N–H and O–H groups in total. The molecule has 0 radical (unpaired) electrons. The van der Waals surface area contributed by atoms with Gasteiger partial charge in [0.25, 0.3) is 0 Å². The first kappa shape index (κ1) is 24.5. The number of hydrogen-bond donors (Lipinski definition) is 2. The van der Waals surface area contributed by atoms with E-state index in [1.807, 2.05) is 0 Å². The summed E-state index contributed by atoms with van der Waals surface area (Å²) in [5.41, 5.74) is 0. The van der Waals surface area contributed by atoms with Crippen molar-refractivity contribution in [3.63, 3.8) is 0 Å². The van der Waals surface area contributed by atoms with Gasteiger partial charge in [0.15, 0.2) is 0 Å². The maximum Gasteiger partial charge on any atom is 0.234 e. The van der Waals surface area contributed by atoms with Gasteiger partial charge in [-0.1, -0.05) is 6.92 Å². The van der Waals surface area contributed by atoms with Crippen LogP contribution in [0.4, 0.5) is 0 Å². The molecule has 134 valence electrons. The molecule has 0 aromatic rings. The summed E-state index contributed by atoms with van der Waals surface area (Å²) in [7, 11) is 0. The summed E-state index contributed by atoms with van der Waals surface area (Å²) in [6.07, 6.45) is 2.66. The van der Waals surface area contributed by atoms with Crippen LogP contribution in [0.2, 0.25) is 0 Å². The SMILES string of the molecule is CCN1CCN(CCNC(=O)CNCC2CC2)CC1.Cl.Cl.Cl. The molecule has 2 fully saturated rings. The van der Waals surface area contributed by atoms with E-state index in [1.165, 1.54) is 12.8 Å². The smallest absolute Gasteiger partial charge is 0.234 e. The lowest BCUT2D eigenvalue weighted by molar-refractivity contribution is -0.120. The molecule has 0 spiro atoms. The van der Waals surface area contributed by atoms with Crippen molar-refractivity contribution in [2.24, 2.45) is 5.92 Å². The van der Waals surface area contributed by atoms with Gasteiger partial charge in [0.2, 0.25) is 5.91 Å². The second-order valence-electron chi connectivity index (χ2n) is 5.70. The van der Waals surface area contributed by atoms with E-state index >= 15 is 0 Å². The molecule has 2 aliphatic rings. The molecule has 1 saturated heterocycles. The molecular weight excluding hydrogens is 347 g/mol. The average molecular weight is 378 g/mol. The second-order valence-corrected chi connectivity index (χ2v) is 5.70. The summed E-state index contributed by atoms with van der Waals surface area (Å²) >= 11 is 0. The fourth-order valence-electron chi connectivity index (χ4n) is 2.46. The standard InChI is InChI=1S/C14H28N4O.3ClH/c1-2-17-7-9-18(10-8-17)6-5-16-14(19)12-15-11-13-3-4-13;;;/h13,15H,2-12H2,1H3,(H,16,19);3*1H. The van der Waals surface area contributed by atoms with Gasteiger partial charge in [0, 0.05) is 39.3 Å².